The first kappa shape index (κ1) is 21.9. The molecule has 1 aliphatic heterocycles. The van der Waals surface area contributed by atoms with Crippen LogP contribution in [0.4, 0.5) is 11.4 Å². The lowest BCUT2D eigenvalue weighted by Gasteiger charge is -2.25. The van der Waals surface area contributed by atoms with Crippen molar-refractivity contribution in [1.82, 2.24) is 9.78 Å². The van der Waals surface area contributed by atoms with Crippen molar-refractivity contribution in [2.45, 2.75) is 19.4 Å². The Morgan fingerprint density at radius 1 is 0.722 bits per heavy atom. The molecule has 2 N–H and O–H groups in total. The fraction of sp³-hybridized carbons (Fsp3) is 0.0968. The molecule has 1 atom stereocenters. The van der Waals surface area contributed by atoms with E-state index in [1.165, 1.54) is 5.56 Å². The van der Waals surface area contributed by atoms with Crippen molar-refractivity contribution < 1.29 is 0 Å². The van der Waals surface area contributed by atoms with Gasteiger partial charge in [0.1, 0.15) is 0 Å². The third kappa shape index (κ3) is 3.95. The van der Waals surface area contributed by atoms with Gasteiger partial charge in [-0.05, 0) is 48.9 Å². The predicted octanol–water partition coefficient (Wildman–Crippen LogP) is 6.79. The molecule has 0 saturated carbocycles. The number of aromatic nitrogens is 2. The maximum atomic E-state index is 6.13. The van der Waals surface area contributed by atoms with Gasteiger partial charge < -0.3 is 5.73 Å². The van der Waals surface area contributed by atoms with Crippen molar-refractivity contribution in [2.24, 2.45) is 5.10 Å². The van der Waals surface area contributed by atoms with Gasteiger partial charge in [-0.15, -0.1) is 0 Å². The van der Waals surface area contributed by atoms with Gasteiger partial charge in [-0.25, -0.2) is 4.68 Å². The van der Waals surface area contributed by atoms with Crippen LogP contribution < -0.4 is 10.7 Å². The fourth-order valence-electron chi connectivity index (χ4n) is 5.01. The van der Waals surface area contributed by atoms with Crippen molar-refractivity contribution in [3.63, 3.8) is 0 Å². The van der Waals surface area contributed by atoms with Gasteiger partial charge in [0.15, 0.2) is 0 Å². The Morgan fingerprint density at radius 3 is 2.00 bits per heavy atom. The normalized spacial score (nSPS) is 15.2. The zero-order valence-corrected chi connectivity index (χ0v) is 20.1. The van der Waals surface area contributed by atoms with E-state index in [2.05, 4.69) is 83.3 Å². The minimum atomic E-state index is -0.0171. The molecule has 2 heterocycles. The number of nitrogens with two attached hydrogens (primary N) is 1. The summed E-state index contributed by atoms with van der Waals surface area (Å²) in [5.41, 5.74) is 15.4. The lowest BCUT2D eigenvalue weighted by molar-refractivity contribution is 0.706. The molecule has 36 heavy (non-hydrogen) atoms. The molecule has 176 valence electrons. The first-order valence-corrected chi connectivity index (χ1v) is 12.2. The predicted molar refractivity (Wildman–Crippen MR) is 147 cm³/mol. The van der Waals surface area contributed by atoms with Gasteiger partial charge in [0.25, 0.3) is 0 Å². The Balaban J connectivity index is 1.55. The number of anilines is 2. The molecule has 5 aromatic rings. The number of rotatable bonds is 5. The van der Waals surface area contributed by atoms with Crippen LogP contribution in [-0.4, -0.2) is 15.5 Å². The van der Waals surface area contributed by atoms with Crippen molar-refractivity contribution >= 4 is 17.1 Å². The van der Waals surface area contributed by atoms with E-state index >= 15 is 0 Å². The second kappa shape index (κ2) is 9.19. The number of hydrazone groups is 1. The van der Waals surface area contributed by atoms with E-state index in [-0.39, 0.29) is 6.04 Å². The summed E-state index contributed by atoms with van der Waals surface area (Å²) in [6.45, 7) is 2.10. The Bertz CT molecular complexity index is 1520. The largest absolute Gasteiger partial charge is 0.399 e. The van der Waals surface area contributed by atoms with Gasteiger partial charge in [-0.2, -0.15) is 10.2 Å². The number of aryl methyl sites for hydroxylation is 1. The highest BCUT2D eigenvalue weighted by molar-refractivity contribution is 6.04. The molecule has 5 nitrogen and oxygen atoms in total. The summed E-state index contributed by atoms with van der Waals surface area (Å²) in [6, 6.07) is 39.2. The molecule has 0 saturated heterocycles. The average molecular weight is 470 g/mol. The van der Waals surface area contributed by atoms with Crippen molar-refractivity contribution in [3.05, 3.63) is 132 Å². The summed E-state index contributed by atoms with van der Waals surface area (Å²) < 4.78 is 2.07. The second-order valence-corrected chi connectivity index (χ2v) is 9.03. The first-order valence-electron chi connectivity index (χ1n) is 12.2. The highest BCUT2D eigenvalue weighted by Gasteiger charge is 2.35. The van der Waals surface area contributed by atoms with Crippen LogP contribution in [0.2, 0.25) is 0 Å². The van der Waals surface area contributed by atoms with Gasteiger partial charge in [0.05, 0.1) is 34.5 Å². The van der Waals surface area contributed by atoms with Crippen LogP contribution >= 0.6 is 0 Å². The van der Waals surface area contributed by atoms with Gasteiger partial charge in [0.2, 0.25) is 0 Å². The molecule has 5 heteroatoms. The van der Waals surface area contributed by atoms with Crippen LogP contribution in [0, 0.1) is 6.92 Å². The molecule has 0 aliphatic carbocycles. The monoisotopic (exact) mass is 469 g/mol. The van der Waals surface area contributed by atoms with Crippen LogP contribution in [0.15, 0.2) is 120 Å². The SMILES string of the molecule is Cc1nn(-c2ccccc2)c(-c2ccccc2)c1C1CC(c2cccc(N)c2)=NN1c1ccccc1. The van der Waals surface area contributed by atoms with Crippen LogP contribution in [0.1, 0.15) is 29.3 Å². The van der Waals surface area contributed by atoms with E-state index in [0.29, 0.717) is 0 Å². The summed E-state index contributed by atoms with van der Waals surface area (Å²) in [5, 5.41) is 12.3. The number of benzene rings is 4. The number of hydrogen-bond donors (Lipinski definition) is 1. The molecule has 1 unspecified atom stereocenters. The fourth-order valence-corrected chi connectivity index (χ4v) is 5.01. The third-order valence-electron chi connectivity index (χ3n) is 6.64. The topological polar surface area (TPSA) is 59.4 Å². The number of nitrogen functional groups attached to an aromatic ring is 1. The zero-order valence-electron chi connectivity index (χ0n) is 20.1. The summed E-state index contributed by atoms with van der Waals surface area (Å²) in [6.07, 6.45) is 0.750. The van der Waals surface area contributed by atoms with E-state index in [1.54, 1.807) is 0 Å². The molecule has 1 aromatic heterocycles. The molecule has 0 radical (unpaired) electrons. The highest BCUT2D eigenvalue weighted by atomic mass is 15.5. The van der Waals surface area contributed by atoms with E-state index in [4.69, 9.17) is 15.9 Å². The Hall–Kier alpha value is -4.64. The number of nitrogens with zero attached hydrogens (tertiary/aromatic N) is 4. The van der Waals surface area contributed by atoms with E-state index in [9.17, 15) is 0 Å². The van der Waals surface area contributed by atoms with Crippen LogP contribution in [0.25, 0.3) is 16.9 Å². The number of hydrogen-bond acceptors (Lipinski definition) is 4. The summed E-state index contributed by atoms with van der Waals surface area (Å²) in [4.78, 5) is 0. The molecule has 0 amide bonds. The van der Waals surface area contributed by atoms with Gasteiger partial charge in [0, 0.05) is 23.2 Å². The van der Waals surface area contributed by atoms with E-state index in [0.717, 1.165) is 51.7 Å². The van der Waals surface area contributed by atoms with E-state index < -0.39 is 0 Å². The Kier molecular flexibility index (Phi) is 5.58. The van der Waals surface area contributed by atoms with Crippen LogP contribution in [0.5, 0.6) is 0 Å². The highest BCUT2D eigenvalue weighted by Crippen LogP contribution is 2.43. The maximum absolute atomic E-state index is 6.13. The second-order valence-electron chi connectivity index (χ2n) is 9.03. The molecular formula is C31H27N5. The van der Waals surface area contributed by atoms with Gasteiger partial charge >= 0.3 is 0 Å². The zero-order chi connectivity index (χ0) is 24.5. The minimum absolute atomic E-state index is 0.0171. The van der Waals surface area contributed by atoms with Gasteiger partial charge in [-0.1, -0.05) is 78.9 Å². The molecule has 0 bridgehead atoms. The Labute approximate surface area is 211 Å². The van der Waals surface area contributed by atoms with Gasteiger partial charge in [-0.3, -0.25) is 5.01 Å². The summed E-state index contributed by atoms with van der Waals surface area (Å²) >= 11 is 0. The van der Waals surface area contributed by atoms with Crippen LogP contribution in [-0.2, 0) is 0 Å². The summed E-state index contributed by atoms with van der Waals surface area (Å²) in [5.74, 6) is 0. The standard InChI is InChI=1S/C31H27N5/c1-22-30(31(23-12-5-2-6-13-23)36(33-22)27-18-9-4-10-19-27)29-21-28(24-14-11-15-25(32)20-24)34-35(29)26-16-7-3-8-17-26/h2-20,29H,21,32H2,1H3. The average Bonchev–Trinajstić information content (AvgIpc) is 3.51. The lowest BCUT2D eigenvalue weighted by atomic mass is 9.94. The number of para-hydroxylation sites is 2. The van der Waals surface area contributed by atoms with E-state index in [1.807, 2.05) is 48.5 Å². The molecule has 1 aliphatic rings. The lowest BCUT2D eigenvalue weighted by Crippen LogP contribution is -2.19. The van der Waals surface area contributed by atoms with Crippen molar-refractivity contribution in [2.75, 3.05) is 10.7 Å². The molecule has 0 spiro atoms. The molecular weight excluding hydrogens is 442 g/mol. The van der Waals surface area contributed by atoms with Crippen molar-refractivity contribution in [1.29, 1.82) is 0 Å². The summed E-state index contributed by atoms with van der Waals surface area (Å²) in [7, 11) is 0. The maximum Gasteiger partial charge on any atom is 0.0871 e. The first-order chi connectivity index (χ1) is 17.7. The van der Waals surface area contributed by atoms with Crippen LogP contribution in [0.3, 0.4) is 0 Å². The quantitative estimate of drug-likeness (QED) is 0.289. The molecule has 4 aromatic carbocycles. The molecule has 6 rings (SSSR count). The van der Waals surface area contributed by atoms with Crippen molar-refractivity contribution in [3.8, 4) is 16.9 Å². The third-order valence-corrected chi connectivity index (χ3v) is 6.64. The minimum Gasteiger partial charge on any atom is -0.399 e. The molecule has 0 fully saturated rings. The Morgan fingerprint density at radius 2 is 1.33 bits per heavy atom. The smallest absolute Gasteiger partial charge is 0.0871 e.